The third-order valence-corrected chi connectivity index (χ3v) is 3.67. The van der Waals surface area contributed by atoms with E-state index >= 15 is 0 Å². The lowest BCUT2D eigenvalue weighted by Gasteiger charge is -2.23. The summed E-state index contributed by atoms with van der Waals surface area (Å²) in [6.45, 7) is 8.44. The number of aromatic nitrogens is 1. The molecule has 1 N–H and O–H groups in total. The van der Waals surface area contributed by atoms with Crippen molar-refractivity contribution in [2.45, 2.75) is 33.4 Å². The van der Waals surface area contributed by atoms with Gasteiger partial charge in [-0.2, -0.15) is 0 Å². The third kappa shape index (κ3) is 4.66. The monoisotopic (exact) mass is 284 g/mol. The third-order valence-electron chi connectivity index (χ3n) is 3.67. The van der Waals surface area contributed by atoms with Crippen LogP contribution in [0.25, 0.3) is 0 Å². The van der Waals surface area contributed by atoms with Crippen molar-refractivity contribution in [1.29, 1.82) is 0 Å². The molecule has 2 aromatic rings. The van der Waals surface area contributed by atoms with Crippen molar-refractivity contribution in [3.63, 3.8) is 0 Å². The summed E-state index contributed by atoms with van der Waals surface area (Å²) >= 11 is 0. The molecule has 0 aliphatic rings. The minimum Gasteiger partial charge on any atom is -0.387 e. The molecule has 21 heavy (non-hydrogen) atoms. The average Bonchev–Trinajstić information content (AvgIpc) is 2.47. The Morgan fingerprint density at radius 3 is 2.43 bits per heavy atom. The molecule has 3 nitrogen and oxygen atoms in total. The van der Waals surface area contributed by atoms with Gasteiger partial charge >= 0.3 is 0 Å². The van der Waals surface area contributed by atoms with Gasteiger partial charge in [0.25, 0.3) is 0 Å². The van der Waals surface area contributed by atoms with E-state index < -0.39 is 6.10 Å². The molecule has 3 heteroatoms. The van der Waals surface area contributed by atoms with Gasteiger partial charge in [0, 0.05) is 18.8 Å². The molecule has 1 heterocycles. The van der Waals surface area contributed by atoms with Crippen molar-refractivity contribution in [3.8, 4) is 0 Å². The first kappa shape index (κ1) is 15.7. The molecule has 0 aliphatic carbocycles. The van der Waals surface area contributed by atoms with Gasteiger partial charge in [-0.1, -0.05) is 42.8 Å². The Kier molecular flexibility index (Phi) is 5.48. The SMILES string of the molecule is CCN(Cc1cccc(C)n1)CC(O)c1ccc(C)cc1. The summed E-state index contributed by atoms with van der Waals surface area (Å²) in [6.07, 6.45) is -0.463. The van der Waals surface area contributed by atoms with E-state index in [-0.39, 0.29) is 0 Å². The lowest BCUT2D eigenvalue weighted by molar-refractivity contribution is 0.111. The number of aliphatic hydroxyl groups excluding tert-OH is 1. The molecule has 112 valence electrons. The Morgan fingerprint density at radius 1 is 1.10 bits per heavy atom. The number of nitrogens with zero attached hydrogens (tertiary/aromatic N) is 2. The highest BCUT2D eigenvalue weighted by molar-refractivity contribution is 5.23. The lowest BCUT2D eigenvalue weighted by Crippen LogP contribution is -2.28. The van der Waals surface area contributed by atoms with Gasteiger partial charge in [-0.25, -0.2) is 0 Å². The summed E-state index contributed by atoms with van der Waals surface area (Å²) in [5, 5.41) is 10.4. The fraction of sp³-hybridized carbons (Fsp3) is 0.389. The van der Waals surface area contributed by atoms with E-state index in [1.54, 1.807) is 0 Å². The van der Waals surface area contributed by atoms with Crippen LogP contribution in [0.15, 0.2) is 42.5 Å². The minimum absolute atomic E-state index is 0.463. The second kappa shape index (κ2) is 7.34. The number of likely N-dealkylation sites (N-methyl/N-ethyl adjacent to an activating group) is 1. The Hall–Kier alpha value is -1.71. The molecule has 0 amide bonds. The quantitative estimate of drug-likeness (QED) is 0.884. The van der Waals surface area contributed by atoms with Crippen molar-refractivity contribution in [1.82, 2.24) is 9.88 Å². The fourth-order valence-electron chi connectivity index (χ4n) is 2.36. The zero-order valence-corrected chi connectivity index (χ0v) is 13.1. The van der Waals surface area contributed by atoms with E-state index in [2.05, 4.69) is 23.7 Å². The Bertz CT molecular complexity index is 566. The number of hydrogen-bond acceptors (Lipinski definition) is 3. The smallest absolute Gasteiger partial charge is 0.0917 e. The maximum Gasteiger partial charge on any atom is 0.0917 e. The summed E-state index contributed by atoms with van der Waals surface area (Å²) in [5.41, 5.74) is 4.26. The number of aliphatic hydroxyl groups is 1. The van der Waals surface area contributed by atoms with Gasteiger partial charge in [-0.15, -0.1) is 0 Å². The number of hydrogen-bond donors (Lipinski definition) is 1. The zero-order chi connectivity index (χ0) is 15.2. The van der Waals surface area contributed by atoms with Crippen LogP contribution in [-0.2, 0) is 6.54 Å². The number of benzene rings is 1. The second-order valence-electron chi connectivity index (χ2n) is 5.52. The van der Waals surface area contributed by atoms with Crippen molar-refractivity contribution < 1.29 is 5.11 Å². The van der Waals surface area contributed by atoms with Crippen LogP contribution in [0.2, 0.25) is 0 Å². The first-order valence-electron chi connectivity index (χ1n) is 7.48. The Morgan fingerprint density at radius 2 is 1.81 bits per heavy atom. The van der Waals surface area contributed by atoms with E-state index in [0.717, 1.165) is 30.0 Å². The topological polar surface area (TPSA) is 36.4 Å². The largest absolute Gasteiger partial charge is 0.387 e. The molecule has 0 radical (unpaired) electrons. The lowest BCUT2D eigenvalue weighted by atomic mass is 10.1. The number of rotatable bonds is 6. The van der Waals surface area contributed by atoms with Gasteiger partial charge in [0.15, 0.2) is 0 Å². The fourth-order valence-corrected chi connectivity index (χ4v) is 2.36. The zero-order valence-electron chi connectivity index (χ0n) is 13.1. The van der Waals surface area contributed by atoms with Crippen LogP contribution < -0.4 is 0 Å². The molecule has 2 rings (SSSR count). The summed E-state index contributed by atoms with van der Waals surface area (Å²) in [7, 11) is 0. The number of aryl methyl sites for hydroxylation is 2. The number of pyridine rings is 1. The molecule has 1 aromatic heterocycles. The molecule has 1 unspecified atom stereocenters. The van der Waals surface area contributed by atoms with Gasteiger partial charge in [0.05, 0.1) is 11.8 Å². The van der Waals surface area contributed by atoms with Crippen LogP contribution in [-0.4, -0.2) is 28.1 Å². The minimum atomic E-state index is -0.463. The van der Waals surface area contributed by atoms with Crippen LogP contribution in [0.5, 0.6) is 0 Å². The highest BCUT2D eigenvalue weighted by Crippen LogP contribution is 2.16. The predicted molar refractivity (Wildman–Crippen MR) is 86.1 cm³/mol. The van der Waals surface area contributed by atoms with Crippen LogP contribution in [0, 0.1) is 13.8 Å². The van der Waals surface area contributed by atoms with E-state index in [1.807, 2.05) is 49.4 Å². The van der Waals surface area contributed by atoms with E-state index in [0.29, 0.717) is 6.54 Å². The first-order chi connectivity index (χ1) is 10.1. The van der Waals surface area contributed by atoms with Crippen LogP contribution in [0.4, 0.5) is 0 Å². The normalized spacial score (nSPS) is 12.6. The molecule has 0 saturated carbocycles. The second-order valence-corrected chi connectivity index (χ2v) is 5.52. The van der Waals surface area contributed by atoms with Gasteiger partial charge in [0.1, 0.15) is 0 Å². The maximum absolute atomic E-state index is 10.4. The summed E-state index contributed by atoms with van der Waals surface area (Å²) in [5.74, 6) is 0. The molecule has 0 bridgehead atoms. The predicted octanol–water partition coefficient (Wildman–Crippen LogP) is 3.25. The molecule has 1 atom stereocenters. The summed E-state index contributed by atoms with van der Waals surface area (Å²) < 4.78 is 0. The molecule has 0 saturated heterocycles. The summed E-state index contributed by atoms with van der Waals surface area (Å²) in [4.78, 5) is 6.74. The molecular weight excluding hydrogens is 260 g/mol. The highest BCUT2D eigenvalue weighted by Gasteiger charge is 2.13. The standard InChI is InChI=1S/C18H24N2O/c1-4-20(12-17-7-5-6-15(3)19-17)13-18(21)16-10-8-14(2)9-11-16/h5-11,18,21H,4,12-13H2,1-3H3. The average molecular weight is 284 g/mol. The highest BCUT2D eigenvalue weighted by atomic mass is 16.3. The van der Waals surface area contributed by atoms with Gasteiger partial charge < -0.3 is 5.11 Å². The van der Waals surface area contributed by atoms with Crippen LogP contribution >= 0.6 is 0 Å². The van der Waals surface area contributed by atoms with E-state index in [9.17, 15) is 5.11 Å². The van der Waals surface area contributed by atoms with Gasteiger partial charge in [-0.05, 0) is 38.1 Å². The van der Waals surface area contributed by atoms with E-state index in [4.69, 9.17) is 0 Å². The molecule has 0 aliphatic heterocycles. The van der Waals surface area contributed by atoms with Gasteiger partial charge in [0.2, 0.25) is 0 Å². The van der Waals surface area contributed by atoms with Crippen molar-refractivity contribution in [2.24, 2.45) is 0 Å². The van der Waals surface area contributed by atoms with Crippen LogP contribution in [0.1, 0.15) is 35.5 Å². The van der Waals surface area contributed by atoms with Crippen molar-refractivity contribution in [3.05, 3.63) is 65.0 Å². The van der Waals surface area contributed by atoms with Gasteiger partial charge in [-0.3, -0.25) is 9.88 Å². The molecular formula is C18H24N2O. The Balaban J connectivity index is 2.00. The van der Waals surface area contributed by atoms with E-state index in [1.165, 1.54) is 5.56 Å². The van der Waals surface area contributed by atoms with Crippen LogP contribution in [0.3, 0.4) is 0 Å². The molecule has 0 fully saturated rings. The maximum atomic E-state index is 10.4. The van der Waals surface area contributed by atoms with Crippen molar-refractivity contribution in [2.75, 3.05) is 13.1 Å². The summed E-state index contributed by atoms with van der Waals surface area (Å²) in [6, 6.07) is 14.1. The Labute approximate surface area is 127 Å². The first-order valence-corrected chi connectivity index (χ1v) is 7.48. The van der Waals surface area contributed by atoms with Crippen molar-refractivity contribution >= 4 is 0 Å². The molecule has 0 spiro atoms. The molecule has 1 aromatic carbocycles.